The molecule has 2 N–H and O–H groups in total. The van der Waals surface area contributed by atoms with Gasteiger partial charge in [-0.05, 0) is 38.8 Å². The summed E-state index contributed by atoms with van der Waals surface area (Å²) in [7, 11) is 0. The number of ether oxygens (including phenoxy) is 1. The molecule has 1 aromatic heterocycles. The average molecular weight is 318 g/mol. The van der Waals surface area contributed by atoms with E-state index >= 15 is 0 Å². The van der Waals surface area contributed by atoms with Crippen molar-refractivity contribution in [2.24, 2.45) is 4.99 Å². The molecule has 0 saturated carbocycles. The number of nitrogens with one attached hydrogen (secondary N) is 2. The maximum Gasteiger partial charge on any atom is 0.191 e. The van der Waals surface area contributed by atoms with Gasteiger partial charge in [0.25, 0.3) is 0 Å². The lowest BCUT2D eigenvalue weighted by Gasteiger charge is -2.10. The lowest BCUT2D eigenvalue weighted by Crippen LogP contribution is -2.38. The summed E-state index contributed by atoms with van der Waals surface area (Å²) in [5.41, 5.74) is 0. The van der Waals surface area contributed by atoms with E-state index in [1.807, 2.05) is 13.0 Å². The van der Waals surface area contributed by atoms with Crippen LogP contribution >= 0.6 is 22.9 Å². The van der Waals surface area contributed by atoms with Crippen molar-refractivity contribution in [3.05, 3.63) is 21.3 Å². The van der Waals surface area contributed by atoms with Gasteiger partial charge in [-0.15, -0.1) is 11.3 Å². The van der Waals surface area contributed by atoms with Gasteiger partial charge in [0, 0.05) is 37.7 Å². The monoisotopic (exact) mass is 317 g/mol. The third-order valence-corrected chi connectivity index (χ3v) is 3.85. The number of halogens is 1. The number of rotatable bonds is 9. The van der Waals surface area contributed by atoms with Crippen LogP contribution in [0.4, 0.5) is 0 Å². The molecule has 1 rings (SSSR count). The molecule has 1 aromatic rings. The lowest BCUT2D eigenvalue weighted by atomic mass is 10.3. The van der Waals surface area contributed by atoms with Crippen molar-refractivity contribution in [1.29, 1.82) is 0 Å². The molecule has 0 aromatic carbocycles. The molecule has 0 aliphatic carbocycles. The fourth-order valence-electron chi connectivity index (χ4n) is 1.63. The zero-order valence-electron chi connectivity index (χ0n) is 12.2. The van der Waals surface area contributed by atoms with Crippen LogP contribution in [0.5, 0.6) is 0 Å². The molecule has 0 saturated heterocycles. The van der Waals surface area contributed by atoms with Crippen LogP contribution in [0, 0.1) is 0 Å². The average Bonchev–Trinajstić information content (AvgIpc) is 2.84. The summed E-state index contributed by atoms with van der Waals surface area (Å²) in [5, 5.41) is 6.57. The number of nitrogens with zero attached hydrogens (tertiary/aromatic N) is 1. The van der Waals surface area contributed by atoms with Crippen LogP contribution in [-0.4, -0.2) is 38.8 Å². The molecule has 0 radical (unpaired) electrons. The predicted molar refractivity (Wildman–Crippen MR) is 88.1 cm³/mol. The molecule has 0 aliphatic rings. The second-order valence-electron chi connectivity index (χ2n) is 4.19. The van der Waals surface area contributed by atoms with Crippen molar-refractivity contribution in [1.82, 2.24) is 10.6 Å². The highest BCUT2D eigenvalue weighted by Gasteiger charge is 2.00. The van der Waals surface area contributed by atoms with Gasteiger partial charge in [0.1, 0.15) is 0 Å². The zero-order valence-corrected chi connectivity index (χ0v) is 13.8. The Balaban J connectivity index is 2.25. The molecule has 0 unspecified atom stereocenters. The Kier molecular flexibility index (Phi) is 9.45. The second kappa shape index (κ2) is 10.9. The molecule has 4 nitrogen and oxygen atoms in total. The third kappa shape index (κ3) is 7.72. The van der Waals surface area contributed by atoms with E-state index in [1.165, 1.54) is 4.88 Å². The van der Waals surface area contributed by atoms with Gasteiger partial charge in [-0.2, -0.15) is 0 Å². The normalized spacial score (nSPS) is 11.7. The van der Waals surface area contributed by atoms with E-state index in [4.69, 9.17) is 16.3 Å². The Hall–Kier alpha value is -0.780. The van der Waals surface area contributed by atoms with Crippen LogP contribution < -0.4 is 10.6 Å². The van der Waals surface area contributed by atoms with Gasteiger partial charge >= 0.3 is 0 Å². The summed E-state index contributed by atoms with van der Waals surface area (Å²) in [4.78, 5) is 5.80. The first-order chi connectivity index (χ1) is 9.76. The Labute approximate surface area is 130 Å². The van der Waals surface area contributed by atoms with Crippen molar-refractivity contribution >= 4 is 28.9 Å². The van der Waals surface area contributed by atoms with Crippen LogP contribution in [0.3, 0.4) is 0 Å². The Morgan fingerprint density at radius 2 is 2.20 bits per heavy atom. The van der Waals surface area contributed by atoms with E-state index in [2.05, 4.69) is 28.6 Å². The number of thiophene rings is 1. The number of guanidine groups is 1. The molecular weight excluding hydrogens is 294 g/mol. The minimum atomic E-state index is 0.769. The molecule has 0 bridgehead atoms. The van der Waals surface area contributed by atoms with Crippen LogP contribution in [0.15, 0.2) is 17.1 Å². The molecule has 0 spiro atoms. The van der Waals surface area contributed by atoms with Crippen LogP contribution in [0.1, 0.15) is 25.1 Å². The number of hydrogen-bond acceptors (Lipinski definition) is 3. The molecular formula is C14H24ClN3OS. The third-order valence-electron chi connectivity index (χ3n) is 2.56. The highest BCUT2D eigenvalue weighted by Crippen LogP contribution is 2.21. The van der Waals surface area contributed by atoms with Gasteiger partial charge in [0.2, 0.25) is 0 Å². The Morgan fingerprint density at radius 3 is 2.85 bits per heavy atom. The number of hydrogen-bond donors (Lipinski definition) is 2. The van der Waals surface area contributed by atoms with E-state index in [0.29, 0.717) is 0 Å². The van der Waals surface area contributed by atoms with Crippen molar-refractivity contribution in [3.63, 3.8) is 0 Å². The topological polar surface area (TPSA) is 45.7 Å². The molecule has 114 valence electrons. The highest BCUT2D eigenvalue weighted by molar-refractivity contribution is 7.16. The first kappa shape index (κ1) is 17.3. The van der Waals surface area contributed by atoms with Gasteiger partial charge in [0.05, 0.1) is 4.34 Å². The summed E-state index contributed by atoms with van der Waals surface area (Å²) in [6.07, 6.45) is 1.91. The van der Waals surface area contributed by atoms with E-state index in [9.17, 15) is 0 Å². The van der Waals surface area contributed by atoms with E-state index in [1.54, 1.807) is 11.3 Å². The summed E-state index contributed by atoms with van der Waals surface area (Å²) in [6, 6.07) is 4.01. The van der Waals surface area contributed by atoms with Crippen molar-refractivity contribution in [3.8, 4) is 0 Å². The largest absolute Gasteiger partial charge is 0.382 e. The number of aliphatic imine (C=N–C) groups is 1. The van der Waals surface area contributed by atoms with Crippen LogP contribution in [0.25, 0.3) is 0 Å². The first-order valence-electron chi connectivity index (χ1n) is 7.10. The molecule has 0 atom stereocenters. The molecule has 0 amide bonds. The summed E-state index contributed by atoms with van der Waals surface area (Å²) >= 11 is 7.54. The minimum Gasteiger partial charge on any atom is -0.382 e. The smallest absolute Gasteiger partial charge is 0.191 e. The second-order valence-corrected chi connectivity index (χ2v) is 5.99. The molecule has 0 aliphatic heterocycles. The van der Waals surface area contributed by atoms with Gasteiger partial charge in [-0.1, -0.05) is 11.6 Å². The Morgan fingerprint density at radius 1 is 1.35 bits per heavy atom. The summed E-state index contributed by atoms with van der Waals surface area (Å²) in [5.74, 6) is 0.867. The summed E-state index contributed by atoms with van der Waals surface area (Å²) < 4.78 is 6.14. The van der Waals surface area contributed by atoms with Crippen LogP contribution in [-0.2, 0) is 11.2 Å². The minimum absolute atomic E-state index is 0.769. The van der Waals surface area contributed by atoms with Gasteiger partial charge in [0.15, 0.2) is 5.96 Å². The van der Waals surface area contributed by atoms with E-state index in [-0.39, 0.29) is 0 Å². The fourth-order valence-corrected chi connectivity index (χ4v) is 2.72. The Bertz CT molecular complexity index is 396. The van der Waals surface area contributed by atoms with Crippen molar-refractivity contribution in [2.75, 3.05) is 32.8 Å². The fraction of sp³-hybridized carbons (Fsp3) is 0.643. The van der Waals surface area contributed by atoms with Gasteiger partial charge in [-0.3, -0.25) is 4.99 Å². The van der Waals surface area contributed by atoms with Crippen molar-refractivity contribution in [2.45, 2.75) is 26.7 Å². The standard InChI is InChI=1S/C14H24ClN3OS/c1-3-16-14(17-9-5-11-19-4-2)18-10-8-12-6-7-13(15)20-12/h6-7H,3-5,8-11H2,1-2H3,(H2,16,17,18). The highest BCUT2D eigenvalue weighted by atomic mass is 35.5. The molecule has 1 heterocycles. The quantitative estimate of drug-likeness (QED) is 0.418. The SMILES string of the molecule is CCNC(=NCCCOCC)NCCc1ccc(Cl)s1. The molecule has 20 heavy (non-hydrogen) atoms. The maximum atomic E-state index is 5.91. The predicted octanol–water partition coefficient (Wildman–Crippen LogP) is 2.93. The lowest BCUT2D eigenvalue weighted by molar-refractivity contribution is 0.146. The van der Waals surface area contributed by atoms with Crippen LogP contribution in [0.2, 0.25) is 4.34 Å². The van der Waals surface area contributed by atoms with Crippen molar-refractivity contribution < 1.29 is 4.74 Å². The summed E-state index contributed by atoms with van der Waals surface area (Å²) in [6.45, 7) is 8.11. The van der Waals surface area contributed by atoms with E-state index in [0.717, 1.165) is 56.0 Å². The molecule has 6 heteroatoms. The first-order valence-corrected chi connectivity index (χ1v) is 8.29. The molecule has 0 fully saturated rings. The van der Waals surface area contributed by atoms with Gasteiger partial charge in [-0.25, -0.2) is 0 Å². The maximum absolute atomic E-state index is 5.91. The zero-order chi connectivity index (χ0) is 14.6. The van der Waals surface area contributed by atoms with E-state index < -0.39 is 0 Å². The van der Waals surface area contributed by atoms with Gasteiger partial charge < -0.3 is 15.4 Å².